The van der Waals surface area contributed by atoms with Gasteiger partial charge >= 0.3 is 0 Å². The summed E-state index contributed by atoms with van der Waals surface area (Å²) in [6.45, 7) is 9.45. The molecule has 0 spiro atoms. The van der Waals surface area contributed by atoms with Gasteiger partial charge in [0.05, 0.1) is 12.0 Å². The molecule has 2 aliphatic heterocycles. The van der Waals surface area contributed by atoms with E-state index in [2.05, 4.69) is 18.7 Å². The summed E-state index contributed by atoms with van der Waals surface area (Å²) in [5.74, 6) is -0.534. The molecular weight excluding hydrogens is 414 g/mol. The first-order valence-electron chi connectivity index (χ1n) is 11.8. The van der Waals surface area contributed by atoms with Gasteiger partial charge in [-0.25, -0.2) is 0 Å². The number of imide groups is 1. The smallest absolute Gasteiger partial charge is 0.241 e. The number of aryl methyl sites for hydroxylation is 1. The summed E-state index contributed by atoms with van der Waals surface area (Å²) >= 11 is 0. The van der Waals surface area contributed by atoms with Crippen LogP contribution in [0.25, 0.3) is 0 Å². The van der Waals surface area contributed by atoms with Crippen molar-refractivity contribution in [1.29, 1.82) is 0 Å². The molecule has 0 saturated carbocycles. The van der Waals surface area contributed by atoms with Crippen molar-refractivity contribution in [3.63, 3.8) is 0 Å². The standard InChI is InChI=1S/C27H33N3O3/c1-20(2)28-13-15-29(16-14-28)24(31)17-27(23-12-8-7-9-21(23)3)18-25(32)30(26(27)33)19-22-10-5-4-6-11-22/h4-12,20H,13-19H2,1-3H3. The van der Waals surface area contributed by atoms with Gasteiger partial charge < -0.3 is 4.90 Å². The third-order valence-corrected chi connectivity index (χ3v) is 7.10. The number of nitrogens with zero attached hydrogens (tertiary/aromatic N) is 3. The van der Waals surface area contributed by atoms with E-state index < -0.39 is 5.41 Å². The Bertz CT molecular complexity index is 1030. The van der Waals surface area contributed by atoms with Crippen LogP contribution in [0, 0.1) is 6.92 Å². The molecule has 1 unspecified atom stereocenters. The zero-order chi connectivity index (χ0) is 23.6. The zero-order valence-corrected chi connectivity index (χ0v) is 19.8. The molecule has 2 aromatic rings. The van der Waals surface area contributed by atoms with Crippen LogP contribution in [0.3, 0.4) is 0 Å². The maximum atomic E-state index is 13.9. The molecule has 6 heteroatoms. The van der Waals surface area contributed by atoms with Gasteiger partial charge in [0.25, 0.3) is 0 Å². The van der Waals surface area contributed by atoms with E-state index in [4.69, 9.17) is 0 Å². The molecule has 0 aromatic heterocycles. The van der Waals surface area contributed by atoms with Crippen molar-refractivity contribution in [3.05, 3.63) is 71.3 Å². The van der Waals surface area contributed by atoms with Crippen molar-refractivity contribution in [2.45, 2.75) is 51.6 Å². The molecule has 2 aromatic carbocycles. The van der Waals surface area contributed by atoms with Gasteiger partial charge in [0, 0.05) is 45.1 Å². The molecule has 2 fully saturated rings. The number of benzene rings is 2. The highest BCUT2D eigenvalue weighted by molar-refractivity contribution is 6.10. The van der Waals surface area contributed by atoms with E-state index in [-0.39, 0.29) is 37.1 Å². The van der Waals surface area contributed by atoms with Gasteiger partial charge in [0.1, 0.15) is 0 Å². The molecule has 1 atom stereocenters. The van der Waals surface area contributed by atoms with Crippen molar-refractivity contribution < 1.29 is 14.4 Å². The van der Waals surface area contributed by atoms with Gasteiger partial charge in [0.15, 0.2) is 0 Å². The number of hydrogen-bond acceptors (Lipinski definition) is 4. The van der Waals surface area contributed by atoms with Crippen LogP contribution in [0.5, 0.6) is 0 Å². The number of amides is 3. The number of carbonyl (C=O) groups excluding carboxylic acids is 3. The predicted octanol–water partition coefficient (Wildman–Crippen LogP) is 3.13. The Kier molecular flexibility index (Phi) is 6.66. The van der Waals surface area contributed by atoms with Gasteiger partial charge in [-0.1, -0.05) is 54.6 Å². The highest BCUT2D eigenvalue weighted by atomic mass is 16.2. The van der Waals surface area contributed by atoms with Crippen LogP contribution >= 0.6 is 0 Å². The summed E-state index contributed by atoms with van der Waals surface area (Å²) < 4.78 is 0. The summed E-state index contributed by atoms with van der Waals surface area (Å²) in [5, 5.41) is 0. The van der Waals surface area contributed by atoms with Gasteiger partial charge in [-0.05, 0) is 37.5 Å². The average Bonchev–Trinajstić information content (AvgIpc) is 3.04. The number of rotatable bonds is 6. The summed E-state index contributed by atoms with van der Waals surface area (Å²) in [7, 11) is 0. The highest BCUT2D eigenvalue weighted by Crippen LogP contribution is 2.42. The second kappa shape index (κ2) is 9.48. The van der Waals surface area contributed by atoms with Gasteiger partial charge in [0.2, 0.25) is 17.7 Å². The van der Waals surface area contributed by atoms with Gasteiger partial charge in [-0.3, -0.25) is 24.2 Å². The topological polar surface area (TPSA) is 60.9 Å². The molecule has 2 aliphatic rings. The minimum Gasteiger partial charge on any atom is -0.340 e. The van der Waals surface area contributed by atoms with Gasteiger partial charge in [-0.15, -0.1) is 0 Å². The Morgan fingerprint density at radius 1 is 0.939 bits per heavy atom. The van der Waals surface area contributed by atoms with Crippen LogP contribution in [0.1, 0.15) is 43.4 Å². The van der Waals surface area contributed by atoms with Crippen molar-refractivity contribution in [3.8, 4) is 0 Å². The third kappa shape index (κ3) is 4.58. The lowest BCUT2D eigenvalue weighted by atomic mass is 9.74. The van der Waals surface area contributed by atoms with Gasteiger partial charge in [-0.2, -0.15) is 0 Å². The van der Waals surface area contributed by atoms with E-state index >= 15 is 0 Å². The summed E-state index contributed by atoms with van der Waals surface area (Å²) in [5.41, 5.74) is 1.46. The first-order chi connectivity index (χ1) is 15.8. The van der Waals surface area contributed by atoms with E-state index in [1.54, 1.807) is 0 Å². The average molecular weight is 448 g/mol. The second-order valence-corrected chi connectivity index (χ2v) is 9.53. The summed E-state index contributed by atoms with van der Waals surface area (Å²) in [4.78, 5) is 46.0. The quantitative estimate of drug-likeness (QED) is 0.639. The number of likely N-dealkylation sites (tertiary alicyclic amines) is 1. The molecular formula is C27H33N3O3. The minimum atomic E-state index is -1.15. The minimum absolute atomic E-state index is 0.0232. The molecule has 33 heavy (non-hydrogen) atoms. The van der Waals surface area contributed by atoms with Crippen LogP contribution in [0.2, 0.25) is 0 Å². The van der Waals surface area contributed by atoms with E-state index in [0.29, 0.717) is 19.1 Å². The Labute approximate surface area is 196 Å². The van der Waals surface area contributed by atoms with Crippen molar-refractivity contribution in [2.75, 3.05) is 26.2 Å². The summed E-state index contributed by atoms with van der Waals surface area (Å²) in [6, 6.07) is 17.6. The summed E-state index contributed by atoms with van der Waals surface area (Å²) in [6.07, 6.45) is 0.0522. The van der Waals surface area contributed by atoms with E-state index in [1.165, 1.54) is 4.90 Å². The second-order valence-electron chi connectivity index (χ2n) is 9.53. The van der Waals surface area contributed by atoms with Crippen LogP contribution in [-0.4, -0.2) is 64.6 Å². The highest BCUT2D eigenvalue weighted by Gasteiger charge is 2.54. The van der Waals surface area contributed by atoms with Crippen LogP contribution in [-0.2, 0) is 26.3 Å². The maximum absolute atomic E-state index is 13.9. The predicted molar refractivity (Wildman–Crippen MR) is 127 cm³/mol. The molecule has 0 N–H and O–H groups in total. The fourth-order valence-electron chi connectivity index (χ4n) is 5.14. The lowest BCUT2D eigenvalue weighted by Crippen LogP contribution is -2.52. The van der Waals surface area contributed by atoms with Crippen molar-refractivity contribution in [1.82, 2.24) is 14.7 Å². The molecule has 2 saturated heterocycles. The van der Waals surface area contributed by atoms with E-state index in [0.717, 1.165) is 29.8 Å². The molecule has 0 bridgehead atoms. The largest absolute Gasteiger partial charge is 0.340 e. The van der Waals surface area contributed by atoms with Crippen LogP contribution in [0.15, 0.2) is 54.6 Å². The number of hydrogen-bond donors (Lipinski definition) is 0. The zero-order valence-electron chi connectivity index (χ0n) is 19.8. The fraction of sp³-hybridized carbons (Fsp3) is 0.444. The molecule has 0 radical (unpaired) electrons. The van der Waals surface area contributed by atoms with Crippen molar-refractivity contribution in [2.24, 2.45) is 0 Å². The third-order valence-electron chi connectivity index (χ3n) is 7.10. The molecule has 2 heterocycles. The van der Waals surface area contributed by atoms with Crippen molar-refractivity contribution >= 4 is 17.7 Å². The van der Waals surface area contributed by atoms with E-state index in [9.17, 15) is 14.4 Å². The maximum Gasteiger partial charge on any atom is 0.241 e. The number of piperazine rings is 1. The fourth-order valence-corrected chi connectivity index (χ4v) is 5.14. The molecule has 0 aliphatic carbocycles. The molecule has 174 valence electrons. The first kappa shape index (κ1) is 23.2. The number of carbonyl (C=O) groups is 3. The van der Waals surface area contributed by atoms with E-state index in [1.807, 2.05) is 66.4 Å². The van der Waals surface area contributed by atoms with Crippen LogP contribution in [0.4, 0.5) is 0 Å². The lowest BCUT2D eigenvalue weighted by Gasteiger charge is -2.38. The Hall–Kier alpha value is -2.99. The lowest BCUT2D eigenvalue weighted by molar-refractivity contribution is -0.143. The monoisotopic (exact) mass is 447 g/mol. The normalized spacial score (nSPS) is 21.8. The Morgan fingerprint density at radius 3 is 2.21 bits per heavy atom. The Balaban J connectivity index is 1.62. The molecule has 3 amide bonds. The first-order valence-corrected chi connectivity index (χ1v) is 11.8. The Morgan fingerprint density at radius 2 is 1.58 bits per heavy atom. The molecule has 4 rings (SSSR count). The van der Waals surface area contributed by atoms with Crippen LogP contribution < -0.4 is 0 Å². The molecule has 6 nitrogen and oxygen atoms in total. The SMILES string of the molecule is Cc1ccccc1C1(CC(=O)N2CCN(C(C)C)CC2)CC(=O)N(Cc2ccccc2)C1=O.